The Bertz CT molecular complexity index is 462. The van der Waals surface area contributed by atoms with Gasteiger partial charge in [-0.2, -0.15) is 0 Å². The van der Waals surface area contributed by atoms with Gasteiger partial charge in [-0.25, -0.2) is 4.39 Å². The van der Waals surface area contributed by atoms with Crippen LogP contribution in [-0.2, 0) is 13.1 Å². The van der Waals surface area contributed by atoms with Gasteiger partial charge in [-0.3, -0.25) is 4.90 Å². The van der Waals surface area contributed by atoms with Crippen LogP contribution < -0.4 is 5.73 Å². The van der Waals surface area contributed by atoms with Crippen LogP contribution in [0.4, 0.5) is 10.1 Å². The zero-order valence-electron chi connectivity index (χ0n) is 9.69. The number of nitrogens with zero attached hydrogens (tertiary/aromatic N) is 1. The fourth-order valence-electron chi connectivity index (χ4n) is 1.76. The molecule has 2 rings (SSSR count). The van der Waals surface area contributed by atoms with Crippen molar-refractivity contribution in [3.05, 3.63) is 53.7 Å². The molecule has 1 aromatic heterocycles. The quantitative estimate of drug-likeness (QED) is 0.827. The Hall–Kier alpha value is -1.81. The van der Waals surface area contributed by atoms with Crippen LogP contribution in [0.15, 0.2) is 41.2 Å². The number of nitrogens with two attached hydrogens (primary N) is 1. The van der Waals surface area contributed by atoms with E-state index in [2.05, 4.69) is 0 Å². The Morgan fingerprint density at radius 3 is 2.76 bits per heavy atom. The average Bonchev–Trinajstić information content (AvgIpc) is 2.76. The van der Waals surface area contributed by atoms with Crippen LogP contribution in [-0.4, -0.2) is 11.9 Å². The minimum atomic E-state index is -0.260. The smallest absolute Gasteiger partial charge is 0.129 e. The molecular formula is C13H15FN2O. The first-order valence-corrected chi connectivity index (χ1v) is 5.39. The van der Waals surface area contributed by atoms with E-state index in [0.717, 1.165) is 5.56 Å². The highest BCUT2D eigenvalue weighted by Crippen LogP contribution is 2.18. The van der Waals surface area contributed by atoms with Gasteiger partial charge in [0.05, 0.1) is 12.5 Å². The maximum absolute atomic E-state index is 13.6. The maximum Gasteiger partial charge on any atom is 0.129 e. The minimum absolute atomic E-state index is 0.260. The summed E-state index contributed by atoms with van der Waals surface area (Å²) in [5.41, 5.74) is 7.85. The van der Waals surface area contributed by atoms with Gasteiger partial charge >= 0.3 is 0 Å². The van der Waals surface area contributed by atoms with Crippen LogP contribution in [0.1, 0.15) is 11.1 Å². The summed E-state index contributed by atoms with van der Waals surface area (Å²) < 4.78 is 18.6. The molecule has 0 saturated heterocycles. The molecule has 17 heavy (non-hydrogen) atoms. The van der Waals surface area contributed by atoms with Crippen LogP contribution in [0.25, 0.3) is 0 Å². The fraction of sp³-hybridized carbons (Fsp3) is 0.231. The van der Waals surface area contributed by atoms with Gasteiger partial charge in [0.1, 0.15) is 5.82 Å². The van der Waals surface area contributed by atoms with Crippen LogP contribution in [0, 0.1) is 5.82 Å². The third-order valence-electron chi connectivity index (χ3n) is 2.62. The molecule has 90 valence electrons. The van der Waals surface area contributed by atoms with Gasteiger partial charge in [0, 0.05) is 29.9 Å². The number of rotatable bonds is 4. The molecule has 2 aromatic rings. The van der Waals surface area contributed by atoms with Crippen molar-refractivity contribution >= 4 is 5.69 Å². The largest absolute Gasteiger partial charge is 0.472 e. The lowest BCUT2D eigenvalue weighted by Crippen LogP contribution is -2.18. The van der Waals surface area contributed by atoms with Crippen molar-refractivity contribution in [3.63, 3.8) is 0 Å². The zero-order chi connectivity index (χ0) is 12.3. The first kappa shape index (κ1) is 11.7. The number of benzene rings is 1. The third kappa shape index (κ3) is 2.85. The van der Waals surface area contributed by atoms with E-state index in [4.69, 9.17) is 10.2 Å². The molecular weight excluding hydrogens is 219 g/mol. The molecule has 0 bridgehead atoms. The Morgan fingerprint density at radius 1 is 1.29 bits per heavy atom. The second-order valence-electron chi connectivity index (χ2n) is 4.11. The first-order chi connectivity index (χ1) is 8.16. The second kappa shape index (κ2) is 5.01. The van der Waals surface area contributed by atoms with Crippen LogP contribution in [0.3, 0.4) is 0 Å². The Morgan fingerprint density at radius 2 is 2.12 bits per heavy atom. The highest BCUT2D eigenvalue weighted by atomic mass is 19.1. The number of nitrogen functional groups attached to an aromatic ring is 1. The van der Waals surface area contributed by atoms with Crippen molar-refractivity contribution in [2.45, 2.75) is 13.1 Å². The van der Waals surface area contributed by atoms with Gasteiger partial charge in [-0.1, -0.05) is 6.07 Å². The summed E-state index contributed by atoms with van der Waals surface area (Å²) in [7, 11) is 1.92. The van der Waals surface area contributed by atoms with Gasteiger partial charge in [-0.05, 0) is 25.2 Å². The molecule has 2 N–H and O–H groups in total. The minimum Gasteiger partial charge on any atom is -0.472 e. The normalized spacial score (nSPS) is 11.0. The number of halogens is 1. The summed E-state index contributed by atoms with van der Waals surface area (Å²) in [4.78, 5) is 1.99. The molecule has 0 spiro atoms. The molecule has 3 nitrogen and oxygen atoms in total. The van der Waals surface area contributed by atoms with E-state index in [1.807, 2.05) is 18.0 Å². The molecule has 1 aromatic carbocycles. The Kier molecular flexibility index (Phi) is 3.44. The summed E-state index contributed by atoms with van der Waals surface area (Å²) in [6.45, 7) is 1.17. The third-order valence-corrected chi connectivity index (χ3v) is 2.62. The summed E-state index contributed by atoms with van der Waals surface area (Å²) >= 11 is 0. The maximum atomic E-state index is 13.6. The molecule has 4 heteroatoms. The van der Waals surface area contributed by atoms with Crippen molar-refractivity contribution in [1.82, 2.24) is 4.90 Å². The van der Waals surface area contributed by atoms with Crippen molar-refractivity contribution in [1.29, 1.82) is 0 Å². The van der Waals surface area contributed by atoms with Gasteiger partial charge in [-0.15, -0.1) is 0 Å². The molecule has 0 unspecified atom stereocenters. The molecule has 0 saturated carbocycles. The number of hydrogen-bond donors (Lipinski definition) is 1. The van der Waals surface area contributed by atoms with Crippen LogP contribution in [0.5, 0.6) is 0 Å². The average molecular weight is 234 g/mol. The van der Waals surface area contributed by atoms with Crippen molar-refractivity contribution in [2.24, 2.45) is 0 Å². The van der Waals surface area contributed by atoms with E-state index >= 15 is 0 Å². The lowest BCUT2D eigenvalue weighted by atomic mass is 10.1. The van der Waals surface area contributed by atoms with E-state index in [1.165, 1.54) is 6.07 Å². The van der Waals surface area contributed by atoms with Crippen molar-refractivity contribution < 1.29 is 8.81 Å². The van der Waals surface area contributed by atoms with Crippen LogP contribution in [0.2, 0.25) is 0 Å². The molecule has 0 fully saturated rings. The van der Waals surface area contributed by atoms with E-state index in [1.54, 1.807) is 24.7 Å². The highest BCUT2D eigenvalue weighted by Gasteiger charge is 2.09. The van der Waals surface area contributed by atoms with Crippen molar-refractivity contribution in [2.75, 3.05) is 12.8 Å². The lowest BCUT2D eigenvalue weighted by molar-refractivity contribution is 0.313. The van der Waals surface area contributed by atoms with Crippen LogP contribution >= 0.6 is 0 Å². The standard InChI is InChI=1S/C13H15FN2O/c1-16(7-10-5-6-17-9-10)8-11-12(14)3-2-4-13(11)15/h2-6,9H,7-8,15H2,1H3. The van der Waals surface area contributed by atoms with Gasteiger partial charge in [0.15, 0.2) is 0 Å². The van der Waals surface area contributed by atoms with E-state index in [0.29, 0.717) is 24.3 Å². The number of anilines is 1. The summed E-state index contributed by atoms with van der Waals surface area (Å²) in [6, 6.07) is 6.65. The lowest BCUT2D eigenvalue weighted by Gasteiger charge is -2.17. The van der Waals surface area contributed by atoms with Crippen molar-refractivity contribution in [3.8, 4) is 0 Å². The SMILES string of the molecule is CN(Cc1ccoc1)Cc1c(N)cccc1F. The topological polar surface area (TPSA) is 42.4 Å². The highest BCUT2D eigenvalue weighted by molar-refractivity contribution is 5.47. The fourth-order valence-corrected chi connectivity index (χ4v) is 1.76. The molecule has 1 heterocycles. The predicted molar refractivity (Wildman–Crippen MR) is 64.7 cm³/mol. The molecule has 0 aliphatic heterocycles. The van der Waals surface area contributed by atoms with Gasteiger partial charge in [0.2, 0.25) is 0 Å². The van der Waals surface area contributed by atoms with Gasteiger partial charge < -0.3 is 10.2 Å². The Labute approximate surface area is 99.6 Å². The predicted octanol–water partition coefficient (Wildman–Crippen LogP) is 2.63. The summed E-state index contributed by atoms with van der Waals surface area (Å²) in [6.07, 6.45) is 3.31. The summed E-state index contributed by atoms with van der Waals surface area (Å²) in [5.74, 6) is -0.260. The molecule has 0 amide bonds. The molecule has 0 aliphatic carbocycles. The molecule has 0 aliphatic rings. The molecule has 0 atom stereocenters. The molecule has 0 radical (unpaired) electrons. The first-order valence-electron chi connectivity index (χ1n) is 5.39. The van der Waals surface area contributed by atoms with E-state index in [-0.39, 0.29) is 5.82 Å². The zero-order valence-corrected chi connectivity index (χ0v) is 9.69. The van der Waals surface area contributed by atoms with E-state index in [9.17, 15) is 4.39 Å². The monoisotopic (exact) mass is 234 g/mol. The number of hydrogen-bond acceptors (Lipinski definition) is 3. The van der Waals surface area contributed by atoms with E-state index < -0.39 is 0 Å². The number of furan rings is 1. The second-order valence-corrected chi connectivity index (χ2v) is 4.11. The van der Waals surface area contributed by atoms with Gasteiger partial charge in [0.25, 0.3) is 0 Å². The summed E-state index contributed by atoms with van der Waals surface area (Å²) in [5, 5.41) is 0. The Balaban J connectivity index is 2.05.